The van der Waals surface area contributed by atoms with Gasteiger partial charge in [-0.3, -0.25) is 4.79 Å². The molecule has 1 aromatic rings. The fourth-order valence-electron chi connectivity index (χ4n) is 1.07. The second kappa shape index (κ2) is 5.60. The summed E-state index contributed by atoms with van der Waals surface area (Å²) >= 11 is 0. The third kappa shape index (κ3) is 4.80. The molecule has 0 fully saturated rings. The largest absolute Gasteiger partial charge is 0.480 e. The standard InChI is InChI=1S/C11H13NO4S/c1-9(11(13)14)12-17(15,16)8-7-10-5-3-2-4-6-10/h2-9,12H,1H3,(H,13,14)/b8-7+. The van der Waals surface area contributed by atoms with Gasteiger partial charge in [0, 0.05) is 5.41 Å². The minimum absolute atomic E-state index is 0.723. The van der Waals surface area contributed by atoms with Crippen molar-refractivity contribution in [3.8, 4) is 0 Å². The number of rotatable bonds is 5. The van der Waals surface area contributed by atoms with Crippen LogP contribution in [0.2, 0.25) is 0 Å². The molecule has 0 amide bonds. The van der Waals surface area contributed by atoms with Gasteiger partial charge in [0.2, 0.25) is 10.0 Å². The molecule has 0 bridgehead atoms. The van der Waals surface area contributed by atoms with Gasteiger partial charge in [0.15, 0.2) is 0 Å². The van der Waals surface area contributed by atoms with Crippen LogP contribution in [0.3, 0.4) is 0 Å². The highest BCUT2D eigenvalue weighted by Gasteiger charge is 2.16. The predicted molar refractivity (Wildman–Crippen MR) is 64.6 cm³/mol. The number of hydrogen-bond donors (Lipinski definition) is 2. The zero-order valence-electron chi connectivity index (χ0n) is 9.20. The normalized spacial score (nSPS) is 13.7. The lowest BCUT2D eigenvalue weighted by atomic mass is 10.2. The van der Waals surface area contributed by atoms with E-state index < -0.39 is 22.0 Å². The minimum atomic E-state index is -3.74. The number of carboxylic acid groups (broad SMARTS) is 1. The smallest absolute Gasteiger partial charge is 0.321 e. The third-order valence-corrected chi connectivity index (χ3v) is 3.13. The molecule has 0 radical (unpaired) electrons. The van der Waals surface area contributed by atoms with Crippen LogP contribution in [0.15, 0.2) is 35.7 Å². The van der Waals surface area contributed by atoms with Crippen molar-refractivity contribution >= 4 is 22.1 Å². The van der Waals surface area contributed by atoms with Gasteiger partial charge < -0.3 is 5.11 Å². The van der Waals surface area contributed by atoms with Crippen LogP contribution in [0.25, 0.3) is 6.08 Å². The van der Waals surface area contributed by atoms with Crippen molar-refractivity contribution in [3.63, 3.8) is 0 Å². The summed E-state index contributed by atoms with van der Waals surface area (Å²) in [6.45, 7) is 1.26. The lowest BCUT2D eigenvalue weighted by Gasteiger charge is -2.06. The van der Waals surface area contributed by atoms with E-state index in [0.717, 1.165) is 11.0 Å². The van der Waals surface area contributed by atoms with Crippen molar-refractivity contribution in [2.75, 3.05) is 0 Å². The summed E-state index contributed by atoms with van der Waals surface area (Å²) in [5, 5.41) is 9.53. The van der Waals surface area contributed by atoms with Crippen LogP contribution >= 0.6 is 0 Å². The number of benzene rings is 1. The first kappa shape index (κ1) is 13.4. The van der Waals surface area contributed by atoms with E-state index in [2.05, 4.69) is 0 Å². The van der Waals surface area contributed by atoms with E-state index in [1.54, 1.807) is 24.3 Å². The topological polar surface area (TPSA) is 83.5 Å². The molecule has 1 atom stereocenters. The first-order chi connectivity index (χ1) is 7.91. The maximum Gasteiger partial charge on any atom is 0.321 e. The van der Waals surface area contributed by atoms with Gasteiger partial charge in [-0.25, -0.2) is 8.42 Å². The van der Waals surface area contributed by atoms with Crippen molar-refractivity contribution in [1.29, 1.82) is 0 Å². The summed E-state index contributed by atoms with van der Waals surface area (Å²) in [7, 11) is -3.74. The predicted octanol–water partition coefficient (Wildman–Crippen LogP) is 1.05. The molecule has 0 saturated heterocycles. The second-order valence-electron chi connectivity index (χ2n) is 3.44. The molecule has 1 aromatic carbocycles. The molecule has 1 unspecified atom stereocenters. The Bertz CT molecular complexity index is 508. The number of carbonyl (C=O) groups is 1. The Kier molecular flexibility index (Phi) is 4.42. The van der Waals surface area contributed by atoms with Crippen LogP contribution in [0.4, 0.5) is 0 Å². The van der Waals surface area contributed by atoms with Crippen molar-refractivity contribution in [2.24, 2.45) is 0 Å². The van der Waals surface area contributed by atoms with E-state index in [1.807, 2.05) is 10.8 Å². The first-order valence-electron chi connectivity index (χ1n) is 4.89. The average Bonchev–Trinajstić information content (AvgIpc) is 2.27. The second-order valence-corrected chi connectivity index (χ2v) is 5.03. The molecule has 5 nitrogen and oxygen atoms in total. The molecular formula is C11H13NO4S. The summed E-state index contributed by atoms with van der Waals surface area (Å²) < 4.78 is 24.9. The average molecular weight is 255 g/mol. The monoisotopic (exact) mass is 255 g/mol. The summed E-state index contributed by atoms with van der Waals surface area (Å²) in [6, 6.07) is 7.70. The molecule has 17 heavy (non-hydrogen) atoms. The lowest BCUT2D eigenvalue weighted by molar-refractivity contribution is -0.138. The van der Waals surface area contributed by atoms with Gasteiger partial charge in [0.05, 0.1) is 0 Å². The van der Waals surface area contributed by atoms with Gasteiger partial charge in [-0.2, -0.15) is 4.72 Å². The van der Waals surface area contributed by atoms with Crippen LogP contribution in [0.1, 0.15) is 12.5 Å². The number of sulfonamides is 1. The van der Waals surface area contributed by atoms with Crippen LogP contribution in [-0.2, 0) is 14.8 Å². The first-order valence-corrected chi connectivity index (χ1v) is 6.43. The fourth-order valence-corrected chi connectivity index (χ4v) is 2.08. The van der Waals surface area contributed by atoms with Gasteiger partial charge in [0.1, 0.15) is 6.04 Å². The molecule has 6 heteroatoms. The quantitative estimate of drug-likeness (QED) is 0.823. The van der Waals surface area contributed by atoms with E-state index in [4.69, 9.17) is 5.11 Å². The molecule has 0 aliphatic rings. The van der Waals surface area contributed by atoms with Crippen molar-refractivity contribution in [3.05, 3.63) is 41.3 Å². The highest BCUT2D eigenvalue weighted by molar-refractivity contribution is 7.92. The fraction of sp³-hybridized carbons (Fsp3) is 0.182. The van der Waals surface area contributed by atoms with Crippen LogP contribution in [-0.4, -0.2) is 25.5 Å². The molecule has 1 rings (SSSR count). The Labute approximate surface area is 99.8 Å². The van der Waals surface area contributed by atoms with Crippen molar-refractivity contribution in [2.45, 2.75) is 13.0 Å². The molecule has 0 saturated carbocycles. The maximum atomic E-state index is 11.5. The number of carboxylic acids is 1. The number of aliphatic carboxylic acids is 1. The molecule has 0 aliphatic carbocycles. The molecule has 0 aliphatic heterocycles. The van der Waals surface area contributed by atoms with Crippen molar-refractivity contribution in [1.82, 2.24) is 4.72 Å². The lowest BCUT2D eigenvalue weighted by Crippen LogP contribution is -2.37. The molecular weight excluding hydrogens is 242 g/mol. The Morgan fingerprint density at radius 1 is 1.35 bits per heavy atom. The van der Waals surface area contributed by atoms with E-state index in [9.17, 15) is 13.2 Å². The van der Waals surface area contributed by atoms with Crippen molar-refractivity contribution < 1.29 is 18.3 Å². The van der Waals surface area contributed by atoms with E-state index in [0.29, 0.717) is 0 Å². The maximum absolute atomic E-state index is 11.5. The van der Waals surface area contributed by atoms with E-state index in [-0.39, 0.29) is 0 Å². The SMILES string of the molecule is CC(NS(=O)(=O)/C=C/c1ccccc1)C(=O)O. The molecule has 92 valence electrons. The van der Waals surface area contributed by atoms with E-state index >= 15 is 0 Å². The van der Waals surface area contributed by atoms with Gasteiger partial charge in [-0.1, -0.05) is 30.3 Å². The molecule has 0 spiro atoms. The number of nitrogens with one attached hydrogen (secondary N) is 1. The van der Waals surface area contributed by atoms with Gasteiger partial charge in [-0.05, 0) is 18.6 Å². The highest BCUT2D eigenvalue weighted by atomic mass is 32.2. The summed E-state index contributed by atoms with van der Waals surface area (Å²) in [5.41, 5.74) is 0.723. The minimum Gasteiger partial charge on any atom is -0.480 e. The zero-order chi connectivity index (χ0) is 12.9. The Morgan fingerprint density at radius 2 is 1.94 bits per heavy atom. The molecule has 0 heterocycles. The third-order valence-electron chi connectivity index (χ3n) is 1.95. The zero-order valence-corrected chi connectivity index (χ0v) is 10.0. The molecule has 0 aromatic heterocycles. The Hall–Kier alpha value is -1.66. The summed E-state index contributed by atoms with van der Waals surface area (Å²) in [5.74, 6) is -1.22. The summed E-state index contributed by atoms with van der Waals surface area (Å²) in [4.78, 5) is 10.5. The molecule has 2 N–H and O–H groups in total. The Morgan fingerprint density at radius 3 is 2.47 bits per heavy atom. The highest BCUT2D eigenvalue weighted by Crippen LogP contribution is 2.03. The number of hydrogen-bond acceptors (Lipinski definition) is 3. The Balaban J connectivity index is 2.74. The van der Waals surface area contributed by atoms with Gasteiger partial charge in [-0.15, -0.1) is 0 Å². The van der Waals surface area contributed by atoms with Crippen LogP contribution in [0.5, 0.6) is 0 Å². The van der Waals surface area contributed by atoms with Gasteiger partial charge in [0.25, 0.3) is 0 Å². The van der Waals surface area contributed by atoms with Crippen LogP contribution < -0.4 is 4.72 Å². The summed E-state index contributed by atoms with van der Waals surface area (Å²) in [6.07, 6.45) is 1.40. The van der Waals surface area contributed by atoms with Crippen LogP contribution in [0, 0.1) is 0 Å². The van der Waals surface area contributed by atoms with E-state index in [1.165, 1.54) is 13.0 Å². The van der Waals surface area contributed by atoms with Gasteiger partial charge >= 0.3 is 5.97 Å².